The number of rotatable bonds is 8. The second-order valence-corrected chi connectivity index (χ2v) is 9.14. The van der Waals surface area contributed by atoms with Crippen LogP contribution in [0.4, 0.5) is 11.4 Å². The Hall–Kier alpha value is -2.73. The normalized spacial score (nSPS) is 11.8. The van der Waals surface area contributed by atoms with E-state index in [9.17, 15) is 9.59 Å². The largest absolute Gasteiger partial charge is 0.332 e. The van der Waals surface area contributed by atoms with Crippen molar-refractivity contribution < 1.29 is 9.59 Å². The van der Waals surface area contributed by atoms with E-state index in [1.165, 1.54) is 5.56 Å². The fourth-order valence-corrected chi connectivity index (χ4v) is 3.39. The first kappa shape index (κ1) is 24.5. The van der Waals surface area contributed by atoms with E-state index >= 15 is 0 Å². The number of carbonyl (C=O) groups excluding carboxylic acids is 2. The first-order valence-electron chi connectivity index (χ1n) is 10.7. The Morgan fingerprint density at radius 1 is 0.806 bits per heavy atom. The summed E-state index contributed by atoms with van der Waals surface area (Å²) >= 11 is 5.29. The molecule has 3 N–H and O–H groups in total. The van der Waals surface area contributed by atoms with Gasteiger partial charge in [-0.1, -0.05) is 52.0 Å². The molecule has 2 rings (SSSR count). The summed E-state index contributed by atoms with van der Waals surface area (Å²) in [5, 5.41) is 8.87. The number of benzene rings is 2. The van der Waals surface area contributed by atoms with E-state index in [2.05, 4.69) is 41.9 Å². The van der Waals surface area contributed by atoms with Crippen molar-refractivity contribution in [3.8, 4) is 0 Å². The predicted molar refractivity (Wildman–Crippen MR) is 132 cm³/mol. The molecule has 0 aromatic heterocycles. The van der Waals surface area contributed by atoms with Crippen LogP contribution in [0.2, 0.25) is 0 Å². The van der Waals surface area contributed by atoms with Crippen molar-refractivity contribution >= 4 is 40.5 Å². The monoisotopic (exact) mass is 439 g/mol. The van der Waals surface area contributed by atoms with Gasteiger partial charge in [0.25, 0.3) is 0 Å². The lowest BCUT2D eigenvalue weighted by molar-refractivity contribution is -0.120. The van der Waals surface area contributed by atoms with E-state index < -0.39 is 0 Å². The highest BCUT2D eigenvalue weighted by Gasteiger charge is 2.16. The molecule has 6 heteroatoms. The molecule has 0 bridgehead atoms. The molecular weight excluding hydrogens is 406 g/mol. The molecule has 0 saturated carbocycles. The Morgan fingerprint density at radius 3 is 1.87 bits per heavy atom. The Kier molecular flexibility index (Phi) is 9.19. The van der Waals surface area contributed by atoms with Gasteiger partial charge < -0.3 is 16.0 Å². The summed E-state index contributed by atoms with van der Waals surface area (Å²) in [4.78, 5) is 24.4. The second kappa shape index (κ2) is 11.6. The highest BCUT2D eigenvalue weighted by Crippen LogP contribution is 2.18. The molecule has 0 fully saturated rings. The van der Waals surface area contributed by atoms with Crippen LogP contribution in [-0.4, -0.2) is 16.9 Å². The lowest BCUT2D eigenvalue weighted by Crippen LogP contribution is -2.36. The Balaban J connectivity index is 1.87. The molecule has 0 radical (unpaired) electrons. The standard InChI is InChI=1S/C25H33N3O2S/c1-16(2)14-19-6-8-20(9-7-19)18(5)24(30)28-25(31)27-22-12-10-21(11-13-22)26-23(29)15-17(3)4/h6-13,16-18H,14-15H2,1-5H3,(H,26,29)(H2,27,28,30,31). The van der Waals surface area contributed by atoms with E-state index in [4.69, 9.17) is 12.2 Å². The number of carbonyl (C=O) groups is 2. The van der Waals surface area contributed by atoms with Crippen molar-refractivity contribution in [3.63, 3.8) is 0 Å². The molecule has 1 unspecified atom stereocenters. The summed E-state index contributed by atoms with van der Waals surface area (Å²) in [6.07, 6.45) is 1.50. The van der Waals surface area contributed by atoms with E-state index in [-0.39, 0.29) is 22.8 Å². The zero-order valence-electron chi connectivity index (χ0n) is 19.0. The summed E-state index contributed by atoms with van der Waals surface area (Å²) < 4.78 is 0. The van der Waals surface area contributed by atoms with E-state index in [1.54, 1.807) is 24.3 Å². The van der Waals surface area contributed by atoms with E-state index in [0.29, 0.717) is 18.3 Å². The van der Waals surface area contributed by atoms with Gasteiger partial charge in [0.05, 0.1) is 5.92 Å². The zero-order chi connectivity index (χ0) is 23.0. The van der Waals surface area contributed by atoms with Crippen LogP contribution in [0.15, 0.2) is 48.5 Å². The van der Waals surface area contributed by atoms with Gasteiger partial charge >= 0.3 is 0 Å². The molecule has 0 heterocycles. The minimum Gasteiger partial charge on any atom is -0.332 e. The first-order valence-corrected chi connectivity index (χ1v) is 11.2. The van der Waals surface area contributed by atoms with E-state index in [0.717, 1.165) is 23.4 Å². The molecule has 1 atom stereocenters. The van der Waals surface area contributed by atoms with Gasteiger partial charge in [0.15, 0.2) is 5.11 Å². The van der Waals surface area contributed by atoms with Crippen LogP contribution in [0.1, 0.15) is 58.1 Å². The molecule has 166 valence electrons. The van der Waals surface area contributed by atoms with Crippen LogP contribution in [0.25, 0.3) is 0 Å². The summed E-state index contributed by atoms with van der Waals surface area (Å²) in [5.41, 5.74) is 3.68. The van der Waals surface area contributed by atoms with Crippen LogP contribution >= 0.6 is 12.2 Å². The highest BCUT2D eigenvalue weighted by molar-refractivity contribution is 7.80. The SMILES string of the molecule is CC(C)CC(=O)Nc1ccc(NC(=S)NC(=O)C(C)c2ccc(CC(C)C)cc2)cc1. The fourth-order valence-electron chi connectivity index (χ4n) is 3.17. The molecule has 0 spiro atoms. The van der Waals surface area contributed by atoms with Crippen LogP contribution < -0.4 is 16.0 Å². The van der Waals surface area contributed by atoms with Gasteiger partial charge in [-0.25, -0.2) is 0 Å². The topological polar surface area (TPSA) is 70.2 Å². The van der Waals surface area contributed by atoms with Gasteiger partial charge in [0.1, 0.15) is 0 Å². The molecule has 31 heavy (non-hydrogen) atoms. The maximum atomic E-state index is 12.6. The van der Waals surface area contributed by atoms with Crippen molar-refractivity contribution in [1.82, 2.24) is 5.32 Å². The van der Waals surface area contributed by atoms with Crippen LogP contribution in [0.3, 0.4) is 0 Å². The number of nitrogens with one attached hydrogen (secondary N) is 3. The Morgan fingerprint density at radius 2 is 1.35 bits per heavy atom. The molecule has 0 aliphatic rings. The maximum Gasteiger partial charge on any atom is 0.233 e. The van der Waals surface area contributed by atoms with Gasteiger partial charge in [-0.15, -0.1) is 0 Å². The van der Waals surface area contributed by atoms with Gasteiger partial charge in [-0.2, -0.15) is 0 Å². The molecule has 0 aliphatic carbocycles. The molecule has 5 nitrogen and oxygen atoms in total. The minimum atomic E-state index is -0.314. The van der Waals surface area contributed by atoms with Crippen molar-refractivity contribution in [2.45, 2.75) is 53.4 Å². The quantitative estimate of drug-likeness (QED) is 0.476. The average molecular weight is 440 g/mol. The lowest BCUT2D eigenvalue weighted by atomic mass is 9.96. The number of thiocarbonyl (C=S) groups is 1. The third-order valence-corrected chi connectivity index (χ3v) is 4.98. The molecule has 2 aromatic carbocycles. The molecule has 0 saturated heterocycles. The number of hydrogen-bond donors (Lipinski definition) is 3. The molecule has 2 amide bonds. The van der Waals surface area contributed by atoms with Crippen LogP contribution in [0, 0.1) is 11.8 Å². The van der Waals surface area contributed by atoms with Crippen LogP contribution in [0.5, 0.6) is 0 Å². The highest BCUT2D eigenvalue weighted by atomic mass is 32.1. The van der Waals surface area contributed by atoms with Gasteiger partial charge in [-0.05, 0) is 72.8 Å². The van der Waals surface area contributed by atoms with Crippen molar-refractivity contribution in [2.24, 2.45) is 11.8 Å². The second-order valence-electron chi connectivity index (χ2n) is 8.73. The van der Waals surface area contributed by atoms with Crippen LogP contribution in [-0.2, 0) is 16.0 Å². The Bertz CT molecular complexity index is 890. The summed E-state index contributed by atoms with van der Waals surface area (Å²) in [6.45, 7) is 10.3. The van der Waals surface area contributed by atoms with Crippen molar-refractivity contribution in [3.05, 3.63) is 59.7 Å². The lowest BCUT2D eigenvalue weighted by Gasteiger charge is -2.15. The minimum absolute atomic E-state index is 0.00952. The number of amides is 2. The third-order valence-electron chi connectivity index (χ3n) is 4.77. The average Bonchev–Trinajstić information content (AvgIpc) is 2.68. The van der Waals surface area contributed by atoms with Gasteiger partial charge in [-0.3, -0.25) is 9.59 Å². The first-order chi connectivity index (χ1) is 14.6. The maximum absolute atomic E-state index is 12.6. The molecule has 2 aromatic rings. The zero-order valence-corrected chi connectivity index (χ0v) is 19.8. The third kappa shape index (κ3) is 8.50. The number of anilines is 2. The van der Waals surface area contributed by atoms with Crippen molar-refractivity contribution in [2.75, 3.05) is 10.6 Å². The predicted octanol–water partition coefficient (Wildman–Crippen LogP) is 5.49. The van der Waals surface area contributed by atoms with E-state index in [1.807, 2.05) is 32.9 Å². The summed E-state index contributed by atoms with van der Waals surface area (Å²) in [7, 11) is 0. The number of hydrogen-bond acceptors (Lipinski definition) is 3. The summed E-state index contributed by atoms with van der Waals surface area (Å²) in [5.74, 6) is 0.422. The van der Waals surface area contributed by atoms with Gasteiger partial charge in [0.2, 0.25) is 11.8 Å². The van der Waals surface area contributed by atoms with Crippen molar-refractivity contribution in [1.29, 1.82) is 0 Å². The smallest absolute Gasteiger partial charge is 0.233 e. The molecular formula is C25H33N3O2S. The van der Waals surface area contributed by atoms with Gasteiger partial charge in [0, 0.05) is 17.8 Å². The fraction of sp³-hybridized carbons (Fsp3) is 0.400. The Labute approximate surface area is 191 Å². The molecule has 0 aliphatic heterocycles. The summed E-state index contributed by atoms with van der Waals surface area (Å²) in [6, 6.07) is 15.4.